The number of benzene rings is 2. The van der Waals surface area contributed by atoms with Gasteiger partial charge in [-0.25, -0.2) is 0 Å². The molecule has 1 atom stereocenters. The molecule has 1 N–H and O–H groups in total. The number of fused-ring (bicyclic) bond motifs is 1. The number of halogens is 2. The molecule has 5 heteroatoms. The standard InChI is InChI=1S/C17H17Cl2NO2/c1-11(12-2-4-15(18)5-3-12)20-8-13-6-16(19)7-14-9-21-10-22-17(13)14/h2-7,11,20H,8-10H2,1H3. The van der Waals surface area contributed by atoms with Crippen LogP contribution in [0.3, 0.4) is 0 Å². The van der Waals surface area contributed by atoms with E-state index in [0.29, 0.717) is 18.2 Å². The molecule has 1 aliphatic heterocycles. The molecule has 0 aliphatic carbocycles. The molecule has 0 radical (unpaired) electrons. The van der Waals surface area contributed by atoms with Crippen molar-refractivity contribution in [2.24, 2.45) is 0 Å². The number of hydrogen-bond donors (Lipinski definition) is 1. The molecule has 116 valence electrons. The molecule has 22 heavy (non-hydrogen) atoms. The third-order valence-electron chi connectivity index (χ3n) is 3.72. The molecule has 2 aromatic carbocycles. The van der Waals surface area contributed by atoms with Crippen LogP contribution < -0.4 is 10.1 Å². The van der Waals surface area contributed by atoms with Crippen molar-refractivity contribution in [1.82, 2.24) is 5.32 Å². The molecular weight excluding hydrogens is 321 g/mol. The second-order valence-electron chi connectivity index (χ2n) is 5.32. The number of rotatable bonds is 4. The van der Waals surface area contributed by atoms with Gasteiger partial charge in [0.1, 0.15) is 5.75 Å². The molecule has 1 heterocycles. The van der Waals surface area contributed by atoms with E-state index in [9.17, 15) is 0 Å². The van der Waals surface area contributed by atoms with Gasteiger partial charge >= 0.3 is 0 Å². The Labute approximate surface area is 140 Å². The molecule has 1 unspecified atom stereocenters. The van der Waals surface area contributed by atoms with E-state index >= 15 is 0 Å². The van der Waals surface area contributed by atoms with Gasteiger partial charge in [-0.1, -0.05) is 35.3 Å². The normalized spacial score (nSPS) is 15.0. The Kier molecular flexibility index (Phi) is 4.89. The fraction of sp³-hybridized carbons (Fsp3) is 0.294. The predicted octanol–water partition coefficient (Wildman–Crippen LogP) is 4.71. The van der Waals surface area contributed by atoms with Gasteiger partial charge in [-0.05, 0) is 36.8 Å². The summed E-state index contributed by atoms with van der Waals surface area (Å²) >= 11 is 12.1. The minimum Gasteiger partial charge on any atom is -0.467 e. The van der Waals surface area contributed by atoms with Gasteiger partial charge in [0.2, 0.25) is 0 Å². The topological polar surface area (TPSA) is 30.5 Å². The van der Waals surface area contributed by atoms with E-state index in [1.165, 1.54) is 5.56 Å². The number of nitrogens with one attached hydrogen (secondary N) is 1. The number of hydrogen-bond acceptors (Lipinski definition) is 3. The highest BCUT2D eigenvalue weighted by Crippen LogP contribution is 2.32. The summed E-state index contributed by atoms with van der Waals surface area (Å²) in [6.07, 6.45) is 0. The van der Waals surface area contributed by atoms with E-state index in [-0.39, 0.29) is 12.8 Å². The first-order chi connectivity index (χ1) is 10.6. The van der Waals surface area contributed by atoms with Crippen molar-refractivity contribution in [3.63, 3.8) is 0 Å². The Morgan fingerprint density at radius 3 is 2.68 bits per heavy atom. The molecule has 0 aromatic heterocycles. The van der Waals surface area contributed by atoms with E-state index in [0.717, 1.165) is 21.9 Å². The summed E-state index contributed by atoms with van der Waals surface area (Å²) < 4.78 is 10.9. The molecule has 3 rings (SSSR count). The van der Waals surface area contributed by atoms with Crippen LogP contribution in [0.5, 0.6) is 5.75 Å². The summed E-state index contributed by atoms with van der Waals surface area (Å²) in [6.45, 7) is 3.61. The molecule has 3 nitrogen and oxygen atoms in total. The molecule has 2 aromatic rings. The van der Waals surface area contributed by atoms with Gasteiger partial charge in [0.25, 0.3) is 0 Å². The van der Waals surface area contributed by atoms with Crippen LogP contribution >= 0.6 is 23.2 Å². The summed E-state index contributed by atoms with van der Waals surface area (Å²) in [7, 11) is 0. The summed E-state index contributed by atoms with van der Waals surface area (Å²) in [6, 6.07) is 11.9. The first-order valence-corrected chi connectivity index (χ1v) is 7.90. The van der Waals surface area contributed by atoms with E-state index in [2.05, 4.69) is 12.2 Å². The van der Waals surface area contributed by atoms with Crippen molar-refractivity contribution in [3.05, 3.63) is 63.1 Å². The Morgan fingerprint density at radius 1 is 1.14 bits per heavy atom. The molecule has 0 saturated heterocycles. The average molecular weight is 338 g/mol. The summed E-state index contributed by atoms with van der Waals surface area (Å²) in [5.41, 5.74) is 3.23. The highest BCUT2D eigenvalue weighted by Gasteiger charge is 2.17. The second kappa shape index (κ2) is 6.88. The molecule has 0 fully saturated rings. The van der Waals surface area contributed by atoms with Crippen LogP contribution in [0.4, 0.5) is 0 Å². The fourth-order valence-corrected chi connectivity index (χ4v) is 2.91. The summed E-state index contributed by atoms with van der Waals surface area (Å²) in [5.74, 6) is 0.881. The van der Waals surface area contributed by atoms with Gasteiger partial charge in [-0.3, -0.25) is 0 Å². The monoisotopic (exact) mass is 337 g/mol. The smallest absolute Gasteiger partial charge is 0.189 e. The van der Waals surface area contributed by atoms with Crippen LogP contribution in [0.15, 0.2) is 36.4 Å². The molecule has 0 bridgehead atoms. The largest absolute Gasteiger partial charge is 0.467 e. The minimum absolute atomic E-state index is 0.201. The van der Waals surface area contributed by atoms with Crippen molar-refractivity contribution in [2.75, 3.05) is 6.79 Å². The zero-order valence-corrected chi connectivity index (χ0v) is 13.7. The first kappa shape index (κ1) is 15.6. The third kappa shape index (κ3) is 3.55. The van der Waals surface area contributed by atoms with Crippen molar-refractivity contribution in [3.8, 4) is 5.75 Å². The van der Waals surface area contributed by atoms with E-state index in [1.54, 1.807) is 0 Å². The van der Waals surface area contributed by atoms with Gasteiger partial charge < -0.3 is 14.8 Å². The molecule has 0 amide bonds. The van der Waals surface area contributed by atoms with Crippen molar-refractivity contribution in [1.29, 1.82) is 0 Å². The fourth-order valence-electron chi connectivity index (χ4n) is 2.52. The van der Waals surface area contributed by atoms with Crippen LogP contribution in [0.25, 0.3) is 0 Å². The van der Waals surface area contributed by atoms with Gasteiger partial charge in [0, 0.05) is 33.8 Å². The van der Waals surface area contributed by atoms with Crippen molar-refractivity contribution in [2.45, 2.75) is 26.1 Å². The Hall–Kier alpha value is -1.26. The maximum atomic E-state index is 6.18. The molecule has 0 saturated carbocycles. The SMILES string of the molecule is CC(NCc1cc(Cl)cc2c1OCOC2)c1ccc(Cl)cc1. The summed E-state index contributed by atoms with van der Waals surface area (Å²) in [4.78, 5) is 0. The molecular formula is C17H17Cl2NO2. The minimum atomic E-state index is 0.201. The predicted molar refractivity (Wildman–Crippen MR) is 88.4 cm³/mol. The second-order valence-corrected chi connectivity index (χ2v) is 6.19. The van der Waals surface area contributed by atoms with Crippen LogP contribution in [-0.4, -0.2) is 6.79 Å². The number of ether oxygens (including phenoxy) is 2. The van der Waals surface area contributed by atoms with E-state index in [4.69, 9.17) is 32.7 Å². The summed E-state index contributed by atoms with van der Waals surface area (Å²) in [5, 5.41) is 4.93. The van der Waals surface area contributed by atoms with Gasteiger partial charge in [0.05, 0.1) is 6.61 Å². The maximum Gasteiger partial charge on any atom is 0.189 e. The highest BCUT2D eigenvalue weighted by molar-refractivity contribution is 6.31. The van der Waals surface area contributed by atoms with Crippen LogP contribution in [0, 0.1) is 0 Å². The first-order valence-electron chi connectivity index (χ1n) is 7.14. The van der Waals surface area contributed by atoms with Crippen molar-refractivity contribution >= 4 is 23.2 Å². The van der Waals surface area contributed by atoms with Crippen LogP contribution in [0.1, 0.15) is 29.7 Å². The lowest BCUT2D eigenvalue weighted by atomic mass is 10.1. The average Bonchev–Trinajstić information content (AvgIpc) is 2.52. The third-order valence-corrected chi connectivity index (χ3v) is 4.19. The Balaban J connectivity index is 1.73. The van der Waals surface area contributed by atoms with Crippen molar-refractivity contribution < 1.29 is 9.47 Å². The Bertz CT molecular complexity index is 658. The quantitative estimate of drug-likeness (QED) is 0.876. The zero-order chi connectivity index (χ0) is 15.5. The lowest BCUT2D eigenvalue weighted by molar-refractivity contribution is -0.0171. The van der Waals surface area contributed by atoms with Gasteiger partial charge in [-0.15, -0.1) is 0 Å². The van der Waals surface area contributed by atoms with Gasteiger partial charge in [0.15, 0.2) is 6.79 Å². The Morgan fingerprint density at radius 2 is 1.91 bits per heavy atom. The molecule has 0 spiro atoms. The molecule has 1 aliphatic rings. The lowest BCUT2D eigenvalue weighted by Crippen LogP contribution is -2.20. The van der Waals surface area contributed by atoms with Crippen LogP contribution in [-0.2, 0) is 17.9 Å². The van der Waals surface area contributed by atoms with E-state index < -0.39 is 0 Å². The van der Waals surface area contributed by atoms with E-state index in [1.807, 2.05) is 36.4 Å². The lowest BCUT2D eigenvalue weighted by Gasteiger charge is -2.22. The maximum absolute atomic E-state index is 6.18. The highest BCUT2D eigenvalue weighted by atomic mass is 35.5. The zero-order valence-electron chi connectivity index (χ0n) is 12.2. The van der Waals surface area contributed by atoms with Crippen LogP contribution in [0.2, 0.25) is 10.0 Å². The van der Waals surface area contributed by atoms with Gasteiger partial charge in [-0.2, -0.15) is 0 Å².